The van der Waals surface area contributed by atoms with E-state index < -0.39 is 0 Å². The zero-order chi connectivity index (χ0) is 17.9. The number of nitrogens with two attached hydrogens (primary N) is 1. The Morgan fingerprint density at radius 2 is 1.85 bits per heavy atom. The number of benzene rings is 2. The molecule has 4 aromatic rings. The second-order valence-electron chi connectivity index (χ2n) is 6.35. The van der Waals surface area contributed by atoms with Gasteiger partial charge in [-0.05, 0) is 41.6 Å². The molecule has 0 saturated heterocycles. The molecule has 128 valence electrons. The van der Waals surface area contributed by atoms with E-state index in [1.807, 2.05) is 37.5 Å². The van der Waals surface area contributed by atoms with Gasteiger partial charge in [-0.2, -0.15) is 0 Å². The Bertz CT molecular complexity index is 1070. The van der Waals surface area contributed by atoms with Crippen LogP contribution >= 0.6 is 0 Å². The van der Waals surface area contributed by atoms with Crippen molar-refractivity contribution >= 4 is 22.3 Å². The van der Waals surface area contributed by atoms with Gasteiger partial charge in [-0.1, -0.05) is 42.5 Å². The SMILES string of the molecule is Cc1ccc(NCc2cccc(-c3cncc4ccccc34)c2)c(N)n1. The predicted molar refractivity (Wildman–Crippen MR) is 108 cm³/mol. The summed E-state index contributed by atoms with van der Waals surface area (Å²) in [7, 11) is 0. The Hall–Kier alpha value is -3.40. The van der Waals surface area contributed by atoms with E-state index in [0.717, 1.165) is 27.9 Å². The van der Waals surface area contributed by atoms with Crippen LogP contribution in [0.4, 0.5) is 11.5 Å². The fraction of sp³-hybridized carbons (Fsp3) is 0.0909. The normalized spacial score (nSPS) is 10.8. The highest BCUT2D eigenvalue weighted by Gasteiger charge is 2.06. The Kier molecular flexibility index (Phi) is 4.23. The minimum absolute atomic E-state index is 0.527. The lowest BCUT2D eigenvalue weighted by Gasteiger charge is -2.11. The summed E-state index contributed by atoms with van der Waals surface area (Å²) in [6, 6.07) is 20.7. The highest BCUT2D eigenvalue weighted by Crippen LogP contribution is 2.28. The maximum atomic E-state index is 5.99. The fourth-order valence-corrected chi connectivity index (χ4v) is 3.12. The Morgan fingerprint density at radius 1 is 0.962 bits per heavy atom. The number of fused-ring (bicyclic) bond motifs is 1. The Morgan fingerprint density at radius 3 is 2.73 bits per heavy atom. The molecule has 0 aliphatic heterocycles. The molecule has 0 atom stereocenters. The lowest BCUT2D eigenvalue weighted by Crippen LogP contribution is -2.04. The molecule has 4 nitrogen and oxygen atoms in total. The zero-order valence-corrected chi connectivity index (χ0v) is 14.6. The number of hydrogen-bond acceptors (Lipinski definition) is 4. The second-order valence-corrected chi connectivity index (χ2v) is 6.35. The van der Waals surface area contributed by atoms with Crippen LogP contribution in [-0.2, 0) is 6.54 Å². The molecule has 0 spiro atoms. The molecule has 0 bridgehead atoms. The molecule has 0 radical (unpaired) electrons. The molecule has 26 heavy (non-hydrogen) atoms. The van der Waals surface area contributed by atoms with Crippen LogP contribution in [-0.4, -0.2) is 9.97 Å². The monoisotopic (exact) mass is 340 g/mol. The van der Waals surface area contributed by atoms with Gasteiger partial charge in [-0.25, -0.2) is 4.98 Å². The summed E-state index contributed by atoms with van der Waals surface area (Å²) >= 11 is 0. The van der Waals surface area contributed by atoms with Crippen LogP contribution in [0.3, 0.4) is 0 Å². The molecule has 4 rings (SSSR count). The van der Waals surface area contributed by atoms with Crippen molar-refractivity contribution in [3.05, 3.63) is 84.3 Å². The van der Waals surface area contributed by atoms with E-state index in [2.05, 4.69) is 57.7 Å². The van der Waals surface area contributed by atoms with Gasteiger partial charge in [0, 0.05) is 35.6 Å². The van der Waals surface area contributed by atoms with Crippen molar-refractivity contribution in [3.8, 4) is 11.1 Å². The lowest BCUT2D eigenvalue weighted by atomic mass is 9.99. The molecular weight excluding hydrogens is 320 g/mol. The topological polar surface area (TPSA) is 63.8 Å². The summed E-state index contributed by atoms with van der Waals surface area (Å²) in [5.74, 6) is 0.527. The third kappa shape index (κ3) is 3.22. The van der Waals surface area contributed by atoms with Gasteiger partial charge >= 0.3 is 0 Å². The van der Waals surface area contributed by atoms with Crippen LogP contribution in [0.25, 0.3) is 21.9 Å². The van der Waals surface area contributed by atoms with Gasteiger partial charge in [0.2, 0.25) is 0 Å². The number of nitrogen functional groups attached to an aromatic ring is 1. The average molecular weight is 340 g/mol. The molecule has 0 unspecified atom stereocenters. The summed E-state index contributed by atoms with van der Waals surface area (Å²) in [5.41, 5.74) is 11.2. The second kappa shape index (κ2) is 6.84. The average Bonchev–Trinajstić information content (AvgIpc) is 2.67. The molecule has 0 saturated carbocycles. The number of hydrogen-bond donors (Lipinski definition) is 2. The molecule has 0 aliphatic carbocycles. The molecule has 2 aromatic carbocycles. The van der Waals surface area contributed by atoms with E-state index in [1.54, 1.807) is 0 Å². The molecule has 0 aliphatic rings. The quantitative estimate of drug-likeness (QED) is 0.560. The highest BCUT2D eigenvalue weighted by atomic mass is 15.0. The molecular formula is C22H20N4. The van der Waals surface area contributed by atoms with Crippen LogP contribution in [0.1, 0.15) is 11.3 Å². The molecule has 0 amide bonds. The number of nitrogens with one attached hydrogen (secondary N) is 1. The van der Waals surface area contributed by atoms with Crippen molar-refractivity contribution < 1.29 is 0 Å². The van der Waals surface area contributed by atoms with Crippen LogP contribution in [0.5, 0.6) is 0 Å². The van der Waals surface area contributed by atoms with Crippen molar-refractivity contribution in [2.24, 2.45) is 0 Å². The van der Waals surface area contributed by atoms with E-state index in [4.69, 9.17) is 5.73 Å². The molecule has 3 N–H and O–H groups in total. The summed E-state index contributed by atoms with van der Waals surface area (Å²) in [6.07, 6.45) is 3.83. The van der Waals surface area contributed by atoms with Crippen molar-refractivity contribution in [1.82, 2.24) is 9.97 Å². The summed E-state index contributed by atoms with van der Waals surface area (Å²) < 4.78 is 0. The molecule has 2 heterocycles. The number of aryl methyl sites for hydroxylation is 1. The predicted octanol–water partition coefficient (Wildman–Crippen LogP) is 4.80. The van der Waals surface area contributed by atoms with Gasteiger partial charge in [-0.3, -0.25) is 4.98 Å². The maximum Gasteiger partial charge on any atom is 0.147 e. The number of anilines is 2. The van der Waals surface area contributed by atoms with Gasteiger partial charge < -0.3 is 11.1 Å². The zero-order valence-electron chi connectivity index (χ0n) is 14.6. The van der Waals surface area contributed by atoms with Crippen LogP contribution < -0.4 is 11.1 Å². The summed E-state index contributed by atoms with van der Waals surface area (Å²) in [6.45, 7) is 2.61. The maximum absolute atomic E-state index is 5.99. The first kappa shape index (κ1) is 16.1. The van der Waals surface area contributed by atoms with Gasteiger partial charge in [0.05, 0.1) is 5.69 Å². The first-order valence-corrected chi connectivity index (χ1v) is 8.60. The van der Waals surface area contributed by atoms with E-state index in [9.17, 15) is 0 Å². The largest absolute Gasteiger partial charge is 0.382 e. The van der Waals surface area contributed by atoms with Crippen molar-refractivity contribution in [1.29, 1.82) is 0 Å². The van der Waals surface area contributed by atoms with Crippen molar-refractivity contribution in [2.75, 3.05) is 11.1 Å². The summed E-state index contributed by atoms with van der Waals surface area (Å²) in [5, 5.41) is 5.72. The first-order chi connectivity index (χ1) is 12.7. The van der Waals surface area contributed by atoms with Crippen molar-refractivity contribution in [3.63, 3.8) is 0 Å². The highest BCUT2D eigenvalue weighted by molar-refractivity contribution is 5.95. The van der Waals surface area contributed by atoms with E-state index in [1.165, 1.54) is 10.9 Å². The van der Waals surface area contributed by atoms with Gasteiger partial charge in [0.1, 0.15) is 5.82 Å². The summed E-state index contributed by atoms with van der Waals surface area (Å²) in [4.78, 5) is 8.68. The minimum Gasteiger partial charge on any atom is -0.382 e. The number of rotatable bonds is 4. The van der Waals surface area contributed by atoms with Gasteiger partial charge in [0.25, 0.3) is 0 Å². The van der Waals surface area contributed by atoms with Gasteiger partial charge in [0.15, 0.2) is 0 Å². The molecule has 0 fully saturated rings. The minimum atomic E-state index is 0.527. The number of aromatic nitrogens is 2. The Labute approximate surface area is 152 Å². The number of nitrogens with zero attached hydrogens (tertiary/aromatic N) is 2. The Balaban J connectivity index is 1.62. The van der Waals surface area contributed by atoms with E-state index >= 15 is 0 Å². The first-order valence-electron chi connectivity index (χ1n) is 8.60. The standard InChI is InChI=1S/C22H20N4/c1-15-9-10-21(22(23)26-15)25-12-16-5-4-7-17(11-16)20-14-24-13-18-6-2-3-8-19(18)20/h2-11,13-14,25H,12H2,1H3,(H2,23,26). The number of pyridine rings is 2. The molecule has 4 heteroatoms. The third-order valence-corrected chi connectivity index (χ3v) is 4.45. The van der Waals surface area contributed by atoms with Crippen LogP contribution in [0, 0.1) is 6.92 Å². The smallest absolute Gasteiger partial charge is 0.147 e. The van der Waals surface area contributed by atoms with Crippen molar-refractivity contribution in [2.45, 2.75) is 13.5 Å². The van der Waals surface area contributed by atoms with Crippen LogP contribution in [0.15, 0.2) is 73.1 Å². The van der Waals surface area contributed by atoms with E-state index in [0.29, 0.717) is 12.4 Å². The van der Waals surface area contributed by atoms with E-state index in [-0.39, 0.29) is 0 Å². The fourth-order valence-electron chi connectivity index (χ4n) is 3.12. The molecule has 2 aromatic heterocycles. The lowest BCUT2D eigenvalue weighted by molar-refractivity contribution is 1.13. The van der Waals surface area contributed by atoms with Crippen LogP contribution in [0.2, 0.25) is 0 Å². The van der Waals surface area contributed by atoms with Gasteiger partial charge in [-0.15, -0.1) is 0 Å². The third-order valence-electron chi connectivity index (χ3n) is 4.45.